The zero-order valence-corrected chi connectivity index (χ0v) is 20.9. The minimum absolute atomic E-state index is 0.165. The number of carbonyl (C=O) groups excluding carboxylic acids is 1. The first-order chi connectivity index (χ1) is 16.4. The summed E-state index contributed by atoms with van der Waals surface area (Å²) in [6.07, 6.45) is 12.6. The second kappa shape index (κ2) is 9.69. The fourth-order valence-corrected chi connectivity index (χ4v) is 5.56. The van der Waals surface area contributed by atoms with E-state index in [9.17, 15) is 4.79 Å². The monoisotopic (exact) mass is 462 g/mol. The van der Waals surface area contributed by atoms with Gasteiger partial charge in [0.1, 0.15) is 17.1 Å². The number of pyridine rings is 1. The first kappa shape index (κ1) is 23.3. The molecule has 2 fully saturated rings. The zero-order valence-electron chi connectivity index (χ0n) is 20.9. The molecule has 0 radical (unpaired) electrons. The Labute approximate surface area is 203 Å². The second-order valence-corrected chi connectivity index (χ2v) is 11.0. The van der Waals surface area contributed by atoms with E-state index in [1.54, 1.807) is 6.20 Å². The Bertz CT molecular complexity index is 1040. The van der Waals surface area contributed by atoms with E-state index in [1.165, 1.54) is 44.1 Å². The van der Waals surface area contributed by atoms with E-state index in [0.29, 0.717) is 18.1 Å². The van der Waals surface area contributed by atoms with E-state index in [0.717, 1.165) is 54.4 Å². The molecule has 0 N–H and O–H groups in total. The largest absolute Gasteiger partial charge is 0.482 e. The van der Waals surface area contributed by atoms with E-state index in [1.807, 2.05) is 12.3 Å². The number of carbonyl (C=O) groups is 1. The summed E-state index contributed by atoms with van der Waals surface area (Å²) in [6.45, 7) is 9.72. The third-order valence-corrected chi connectivity index (χ3v) is 7.67. The minimum atomic E-state index is -0.473. The molecule has 34 heavy (non-hydrogen) atoms. The van der Waals surface area contributed by atoms with Gasteiger partial charge in [-0.2, -0.15) is 0 Å². The van der Waals surface area contributed by atoms with E-state index in [2.05, 4.69) is 42.8 Å². The molecule has 3 heterocycles. The number of ether oxygens (including phenoxy) is 2. The Hall–Kier alpha value is -2.40. The average molecular weight is 463 g/mol. The number of fused-ring (bicyclic) bond motifs is 3. The van der Waals surface area contributed by atoms with Crippen LogP contribution in [0.5, 0.6) is 11.5 Å². The molecule has 1 aromatic heterocycles. The summed E-state index contributed by atoms with van der Waals surface area (Å²) >= 11 is 0. The number of likely N-dealkylation sites (tertiary alicyclic amines) is 1. The van der Waals surface area contributed by atoms with Crippen molar-refractivity contribution < 1.29 is 14.3 Å². The molecule has 2 aliphatic heterocycles. The summed E-state index contributed by atoms with van der Waals surface area (Å²) in [5.74, 6) is 2.47. The van der Waals surface area contributed by atoms with Crippen molar-refractivity contribution in [3.05, 3.63) is 41.7 Å². The molecule has 1 aromatic carbocycles. The van der Waals surface area contributed by atoms with Crippen LogP contribution >= 0.6 is 0 Å². The Morgan fingerprint density at radius 2 is 2.03 bits per heavy atom. The normalized spacial score (nSPS) is 20.1. The number of benzene rings is 1. The van der Waals surface area contributed by atoms with Crippen LogP contribution in [0.1, 0.15) is 89.2 Å². The lowest BCUT2D eigenvalue weighted by molar-refractivity contribution is -0.134. The molecule has 3 aliphatic rings. The van der Waals surface area contributed by atoms with Crippen molar-refractivity contribution in [2.45, 2.75) is 83.7 Å². The maximum atomic E-state index is 13.0. The highest BCUT2D eigenvalue weighted by atomic mass is 16.5. The van der Waals surface area contributed by atoms with Gasteiger partial charge in [-0.1, -0.05) is 26.2 Å². The van der Waals surface area contributed by atoms with Gasteiger partial charge in [0.25, 0.3) is 0 Å². The van der Waals surface area contributed by atoms with Crippen molar-refractivity contribution >= 4 is 5.97 Å². The van der Waals surface area contributed by atoms with E-state index in [-0.39, 0.29) is 5.97 Å². The number of hydrogen-bond acceptors (Lipinski definition) is 5. The Morgan fingerprint density at radius 3 is 2.79 bits per heavy atom. The molecule has 0 amide bonds. The van der Waals surface area contributed by atoms with Crippen molar-refractivity contribution in [2.24, 2.45) is 5.92 Å². The van der Waals surface area contributed by atoms with Crippen molar-refractivity contribution in [3.8, 4) is 22.6 Å². The number of esters is 1. The molecule has 1 saturated heterocycles. The van der Waals surface area contributed by atoms with Gasteiger partial charge in [0, 0.05) is 29.9 Å². The van der Waals surface area contributed by atoms with Gasteiger partial charge in [0.15, 0.2) is 0 Å². The predicted octanol–water partition coefficient (Wildman–Crippen LogP) is 6.45. The number of rotatable bonds is 8. The Balaban J connectivity index is 1.40. The highest BCUT2D eigenvalue weighted by molar-refractivity contribution is 5.85. The summed E-state index contributed by atoms with van der Waals surface area (Å²) in [5, 5.41) is 0. The van der Waals surface area contributed by atoms with Crippen LogP contribution < -0.4 is 9.47 Å². The zero-order chi connectivity index (χ0) is 23.7. The SMILES string of the molecule is CC(CC1CC1)c1cc(OC(=O)CCCN2CCCCC2)c2c(c1)OC(C)(C)c1ccncc1-2. The molecule has 5 heteroatoms. The molecule has 5 rings (SSSR count). The standard InChI is InChI=1S/C29H38N2O3/c1-20(16-21-9-10-21)22-17-25(33-27(32)8-7-15-31-13-5-4-6-14-31)28-23-19-30-12-11-24(23)29(2,3)34-26(28)18-22/h11-12,17-21H,4-10,13-16H2,1-3H3. The Kier molecular flexibility index (Phi) is 6.65. The van der Waals surface area contributed by atoms with Gasteiger partial charge in [-0.15, -0.1) is 0 Å². The van der Waals surface area contributed by atoms with Crippen LogP contribution in [-0.2, 0) is 10.4 Å². The van der Waals surface area contributed by atoms with E-state index < -0.39 is 5.60 Å². The third kappa shape index (κ3) is 5.14. The first-order valence-corrected chi connectivity index (χ1v) is 13.2. The van der Waals surface area contributed by atoms with Gasteiger partial charge in [0.05, 0.1) is 5.56 Å². The maximum Gasteiger partial charge on any atom is 0.311 e. The van der Waals surface area contributed by atoms with E-state index >= 15 is 0 Å². The molecule has 1 atom stereocenters. The highest BCUT2D eigenvalue weighted by Crippen LogP contribution is 2.51. The lowest BCUT2D eigenvalue weighted by Crippen LogP contribution is -2.31. The quantitative estimate of drug-likeness (QED) is 0.333. The van der Waals surface area contributed by atoms with Gasteiger partial charge < -0.3 is 14.4 Å². The Morgan fingerprint density at radius 1 is 1.24 bits per heavy atom. The van der Waals surface area contributed by atoms with Crippen molar-refractivity contribution in [1.29, 1.82) is 0 Å². The fourth-order valence-electron chi connectivity index (χ4n) is 5.56. The number of aromatic nitrogens is 1. The van der Waals surface area contributed by atoms with Crippen LogP contribution in [-0.4, -0.2) is 35.5 Å². The van der Waals surface area contributed by atoms with Crippen LogP contribution in [0.2, 0.25) is 0 Å². The van der Waals surface area contributed by atoms with Crippen LogP contribution in [0.15, 0.2) is 30.6 Å². The molecule has 1 saturated carbocycles. The van der Waals surface area contributed by atoms with Gasteiger partial charge in [0.2, 0.25) is 0 Å². The first-order valence-electron chi connectivity index (χ1n) is 13.2. The van der Waals surface area contributed by atoms with Crippen LogP contribution in [0, 0.1) is 5.92 Å². The van der Waals surface area contributed by atoms with Gasteiger partial charge >= 0.3 is 5.97 Å². The van der Waals surface area contributed by atoms with Crippen molar-refractivity contribution in [3.63, 3.8) is 0 Å². The number of hydrogen-bond donors (Lipinski definition) is 0. The summed E-state index contributed by atoms with van der Waals surface area (Å²) in [7, 11) is 0. The van der Waals surface area contributed by atoms with E-state index in [4.69, 9.17) is 9.47 Å². The van der Waals surface area contributed by atoms with Crippen LogP contribution in [0.4, 0.5) is 0 Å². The van der Waals surface area contributed by atoms with Gasteiger partial charge in [-0.25, -0.2) is 0 Å². The molecule has 1 unspecified atom stereocenters. The van der Waals surface area contributed by atoms with Gasteiger partial charge in [-0.3, -0.25) is 9.78 Å². The molecule has 1 aliphatic carbocycles. The minimum Gasteiger partial charge on any atom is -0.482 e. The second-order valence-electron chi connectivity index (χ2n) is 11.0. The molecular weight excluding hydrogens is 424 g/mol. The average Bonchev–Trinajstić information content (AvgIpc) is 3.63. The van der Waals surface area contributed by atoms with Crippen LogP contribution in [0.3, 0.4) is 0 Å². The molecule has 0 spiro atoms. The molecule has 2 aromatic rings. The lowest BCUT2D eigenvalue weighted by atomic mass is 9.85. The molecular formula is C29H38N2O3. The third-order valence-electron chi connectivity index (χ3n) is 7.67. The highest BCUT2D eigenvalue weighted by Gasteiger charge is 2.36. The maximum absolute atomic E-state index is 13.0. The number of nitrogens with zero attached hydrogens (tertiary/aromatic N) is 2. The molecule has 182 valence electrons. The summed E-state index contributed by atoms with van der Waals surface area (Å²) in [5.41, 5.74) is 3.63. The number of piperidine rings is 1. The smallest absolute Gasteiger partial charge is 0.311 e. The molecule has 5 nitrogen and oxygen atoms in total. The van der Waals surface area contributed by atoms with Gasteiger partial charge in [-0.05, 0) is 94.8 Å². The molecule has 0 bridgehead atoms. The lowest BCUT2D eigenvalue weighted by Gasteiger charge is -2.35. The predicted molar refractivity (Wildman–Crippen MR) is 134 cm³/mol. The van der Waals surface area contributed by atoms with Crippen molar-refractivity contribution in [1.82, 2.24) is 9.88 Å². The summed E-state index contributed by atoms with van der Waals surface area (Å²) in [4.78, 5) is 19.8. The summed E-state index contributed by atoms with van der Waals surface area (Å²) < 4.78 is 12.6. The topological polar surface area (TPSA) is 51.7 Å². The van der Waals surface area contributed by atoms with Crippen molar-refractivity contribution in [2.75, 3.05) is 19.6 Å². The summed E-state index contributed by atoms with van der Waals surface area (Å²) in [6, 6.07) is 6.24. The van der Waals surface area contributed by atoms with Crippen LogP contribution in [0.25, 0.3) is 11.1 Å². The fraction of sp³-hybridized carbons (Fsp3) is 0.586.